The van der Waals surface area contributed by atoms with E-state index in [1.807, 2.05) is 86.6 Å². The fourth-order valence-electron chi connectivity index (χ4n) is 3.60. The molecule has 0 unspecified atom stereocenters. The molecule has 160 valence electrons. The molecule has 0 atom stereocenters. The highest BCUT2D eigenvalue weighted by Crippen LogP contribution is 2.32. The van der Waals surface area contributed by atoms with Gasteiger partial charge in [-0.3, -0.25) is 9.59 Å². The summed E-state index contributed by atoms with van der Waals surface area (Å²) >= 11 is 3.47. The van der Waals surface area contributed by atoms with E-state index in [2.05, 4.69) is 26.3 Å². The number of halogens is 1. The number of nitrogens with zero attached hydrogens (tertiary/aromatic N) is 2. The lowest BCUT2D eigenvalue weighted by molar-refractivity contribution is 0.102. The molecule has 0 saturated carbocycles. The maximum Gasteiger partial charge on any atom is 0.280 e. The third-order valence-electron chi connectivity index (χ3n) is 5.21. The van der Waals surface area contributed by atoms with Gasteiger partial charge < -0.3 is 5.32 Å². The van der Waals surface area contributed by atoms with Crippen LogP contribution >= 0.6 is 15.9 Å². The molecule has 1 N–H and O–H groups in total. The molecule has 1 aromatic heterocycles. The summed E-state index contributed by atoms with van der Waals surface area (Å²) in [7, 11) is 0. The Balaban J connectivity index is 1.96. The molecule has 0 fully saturated rings. The van der Waals surface area contributed by atoms with Gasteiger partial charge in [0.15, 0.2) is 0 Å². The van der Waals surface area contributed by atoms with Crippen molar-refractivity contribution in [1.82, 2.24) is 9.78 Å². The molecule has 5 nitrogen and oxygen atoms in total. The van der Waals surface area contributed by atoms with Crippen molar-refractivity contribution in [3.63, 3.8) is 0 Å². The normalized spacial score (nSPS) is 10.7. The van der Waals surface area contributed by atoms with Gasteiger partial charge in [0.1, 0.15) is 5.56 Å². The van der Waals surface area contributed by atoms with Gasteiger partial charge in [0.25, 0.3) is 11.5 Å². The van der Waals surface area contributed by atoms with Crippen molar-refractivity contribution >= 4 is 27.5 Å². The van der Waals surface area contributed by atoms with Crippen LogP contribution in [0.15, 0.2) is 88.1 Å². The maximum absolute atomic E-state index is 13.5. The number of hydrogen-bond donors (Lipinski definition) is 1. The number of rotatable bonds is 5. The van der Waals surface area contributed by atoms with Crippen molar-refractivity contribution in [2.45, 2.75) is 20.4 Å². The van der Waals surface area contributed by atoms with Crippen LogP contribution in [0.25, 0.3) is 22.4 Å². The molecule has 0 bridgehead atoms. The van der Waals surface area contributed by atoms with Crippen molar-refractivity contribution in [3.05, 3.63) is 105 Å². The SMILES string of the molecule is CCn1nc(-c2ccccc2)c(-c2ccccc2)c(C(=O)Nc2ccc(Br)c(C)c2)c1=O. The largest absolute Gasteiger partial charge is 0.322 e. The minimum Gasteiger partial charge on any atom is -0.322 e. The number of carbonyl (C=O) groups is 1. The number of aromatic nitrogens is 2. The highest BCUT2D eigenvalue weighted by Gasteiger charge is 2.25. The smallest absolute Gasteiger partial charge is 0.280 e. The number of benzene rings is 3. The fourth-order valence-corrected chi connectivity index (χ4v) is 3.84. The zero-order valence-corrected chi connectivity index (χ0v) is 19.4. The molecule has 0 aliphatic heterocycles. The lowest BCUT2D eigenvalue weighted by Crippen LogP contribution is -2.32. The first-order valence-electron chi connectivity index (χ1n) is 10.3. The highest BCUT2D eigenvalue weighted by molar-refractivity contribution is 9.10. The third-order valence-corrected chi connectivity index (χ3v) is 6.10. The highest BCUT2D eigenvalue weighted by atomic mass is 79.9. The molecular formula is C26H22BrN3O2. The molecule has 0 radical (unpaired) electrons. The van der Waals surface area contributed by atoms with Gasteiger partial charge in [0, 0.05) is 27.8 Å². The molecule has 3 aromatic carbocycles. The predicted octanol–water partition coefficient (Wildman–Crippen LogP) is 5.92. The van der Waals surface area contributed by atoms with E-state index >= 15 is 0 Å². The van der Waals surface area contributed by atoms with Crippen molar-refractivity contribution in [3.8, 4) is 22.4 Å². The Bertz CT molecular complexity index is 1330. The van der Waals surface area contributed by atoms with Gasteiger partial charge in [-0.25, -0.2) is 4.68 Å². The summed E-state index contributed by atoms with van der Waals surface area (Å²) in [4.78, 5) is 26.9. The summed E-state index contributed by atoms with van der Waals surface area (Å²) in [6.07, 6.45) is 0. The Morgan fingerprint density at radius 3 is 2.19 bits per heavy atom. The van der Waals surface area contributed by atoms with E-state index in [0.717, 1.165) is 21.2 Å². The van der Waals surface area contributed by atoms with E-state index in [-0.39, 0.29) is 5.56 Å². The molecule has 0 aliphatic carbocycles. The van der Waals surface area contributed by atoms with Gasteiger partial charge in [0.05, 0.1) is 5.69 Å². The van der Waals surface area contributed by atoms with Gasteiger partial charge in [0.2, 0.25) is 0 Å². The Labute approximate surface area is 194 Å². The lowest BCUT2D eigenvalue weighted by atomic mass is 9.95. The zero-order valence-electron chi connectivity index (χ0n) is 17.8. The minimum atomic E-state index is -0.461. The summed E-state index contributed by atoms with van der Waals surface area (Å²) in [6.45, 7) is 4.13. The first kappa shape index (κ1) is 21.7. The van der Waals surface area contributed by atoms with Crippen LogP contribution in [0.2, 0.25) is 0 Å². The van der Waals surface area contributed by atoms with E-state index in [4.69, 9.17) is 0 Å². The number of carbonyl (C=O) groups excluding carboxylic acids is 1. The molecule has 0 aliphatic rings. The van der Waals surface area contributed by atoms with Crippen molar-refractivity contribution in [2.24, 2.45) is 0 Å². The summed E-state index contributed by atoms with van der Waals surface area (Å²) in [5, 5.41) is 7.54. The Hall–Kier alpha value is -3.51. The van der Waals surface area contributed by atoms with Crippen LogP contribution < -0.4 is 10.9 Å². The molecule has 4 rings (SSSR count). The van der Waals surface area contributed by atoms with Crippen LogP contribution in [0.1, 0.15) is 22.8 Å². The second-order valence-corrected chi connectivity index (χ2v) is 8.22. The summed E-state index contributed by atoms with van der Waals surface area (Å²) in [5.41, 5.74) is 3.98. The monoisotopic (exact) mass is 487 g/mol. The average Bonchev–Trinajstić information content (AvgIpc) is 2.82. The first-order valence-corrected chi connectivity index (χ1v) is 11.1. The summed E-state index contributed by atoms with van der Waals surface area (Å²) in [5.74, 6) is -0.461. The van der Waals surface area contributed by atoms with Crippen LogP contribution in [0.3, 0.4) is 0 Å². The molecule has 0 saturated heterocycles. The number of hydrogen-bond acceptors (Lipinski definition) is 3. The Morgan fingerprint density at radius 2 is 1.59 bits per heavy atom. The summed E-state index contributed by atoms with van der Waals surface area (Å²) in [6, 6.07) is 24.6. The molecule has 4 aromatic rings. The second kappa shape index (κ2) is 9.32. The molecule has 0 spiro atoms. The molecule has 1 amide bonds. The third kappa shape index (κ3) is 4.27. The van der Waals surface area contributed by atoms with Crippen molar-refractivity contribution in [1.29, 1.82) is 0 Å². The van der Waals surface area contributed by atoms with E-state index in [1.165, 1.54) is 4.68 Å². The van der Waals surface area contributed by atoms with Gasteiger partial charge in [-0.15, -0.1) is 0 Å². The van der Waals surface area contributed by atoms with Crippen LogP contribution in [0.4, 0.5) is 5.69 Å². The van der Waals surface area contributed by atoms with Gasteiger partial charge >= 0.3 is 0 Å². The molecule has 1 heterocycles. The molecule has 32 heavy (non-hydrogen) atoms. The minimum absolute atomic E-state index is 0.0764. The summed E-state index contributed by atoms with van der Waals surface area (Å²) < 4.78 is 2.29. The molecular weight excluding hydrogens is 466 g/mol. The first-order chi connectivity index (χ1) is 15.5. The maximum atomic E-state index is 13.5. The van der Waals surface area contributed by atoms with Gasteiger partial charge in [-0.2, -0.15) is 5.10 Å². The van der Waals surface area contributed by atoms with Crippen LogP contribution in [0.5, 0.6) is 0 Å². The van der Waals surface area contributed by atoms with Crippen LogP contribution in [-0.4, -0.2) is 15.7 Å². The lowest BCUT2D eigenvalue weighted by Gasteiger charge is -2.17. The van der Waals surface area contributed by atoms with E-state index < -0.39 is 11.5 Å². The Morgan fingerprint density at radius 1 is 0.969 bits per heavy atom. The zero-order chi connectivity index (χ0) is 22.7. The van der Waals surface area contributed by atoms with Crippen molar-refractivity contribution in [2.75, 3.05) is 5.32 Å². The topological polar surface area (TPSA) is 64.0 Å². The second-order valence-electron chi connectivity index (χ2n) is 7.37. The van der Waals surface area contributed by atoms with E-state index in [0.29, 0.717) is 23.5 Å². The van der Waals surface area contributed by atoms with Crippen LogP contribution in [0, 0.1) is 6.92 Å². The van der Waals surface area contributed by atoms with Gasteiger partial charge in [-0.1, -0.05) is 76.6 Å². The number of aryl methyl sites for hydroxylation is 2. The van der Waals surface area contributed by atoms with Gasteiger partial charge in [-0.05, 0) is 43.2 Å². The number of nitrogens with one attached hydrogen (secondary N) is 1. The standard InChI is InChI=1S/C26H22BrN3O2/c1-3-30-26(32)23(25(31)28-20-14-15-21(27)17(2)16-20)22(18-10-6-4-7-11-18)24(29-30)19-12-8-5-9-13-19/h4-16H,3H2,1-2H3,(H,28,31). The van der Waals surface area contributed by atoms with E-state index in [9.17, 15) is 9.59 Å². The predicted molar refractivity (Wildman–Crippen MR) is 132 cm³/mol. The van der Waals surface area contributed by atoms with E-state index in [1.54, 1.807) is 6.07 Å². The molecule has 6 heteroatoms. The quantitative estimate of drug-likeness (QED) is 0.379. The average molecular weight is 488 g/mol. The fraction of sp³-hybridized carbons (Fsp3) is 0.115. The van der Waals surface area contributed by atoms with Crippen molar-refractivity contribution < 1.29 is 4.79 Å². The number of amides is 1. The number of anilines is 1. The van der Waals surface area contributed by atoms with Crippen LogP contribution in [-0.2, 0) is 6.54 Å². The Kier molecular flexibility index (Phi) is 6.32.